The molecule has 0 aliphatic rings. The van der Waals surface area contributed by atoms with Crippen LogP contribution >= 0.6 is 0 Å². The first kappa shape index (κ1) is 13.0. The number of rotatable bonds is 3. The van der Waals surface area contributed by atoms with Crippen LogP contribution in [0.25, 0.3) is 16.9 Å². The molecule has 0 aliphatic heterocycles. The van der Waals surface area contributed by atoms with E-state index in [9.17, 15) is 5.11 Å². The second-order valence-electron chi connectivity index (χ2n) is 4.49. The third kappa shape index (κ3) is 2.53. The molecule has 3 rings (SSSR count). The Morgan fingerprint density at radius 1 is 1.14 bits per heavy atom. The molecule has 0 aliphatic carbocycles. The molecule has 0 saturated heterocycles. The molecule has 106 valence electrons. The van der Waals surface area contributed by atoms with Crippen LogP contribution in [0.15, 0.2) is 36.7 Å². The first-order valence-electron chi connectivity index (χ1n) is 6.41. The fraction of sp³-hybridized carbons (Fsp3) is 0.143. The smallest absolute Gasteiger partial charge is 0.148 e. The number of aryl methyl sites for hydroxylation is 1. The maximum absolute atomic E-state index is 10.2. The largest absolute Gasteiger partial charge is 0.507 e. The van der Waals surface area contributed by atoms with Gasteiger partial charge in [-0.15, -0.1) is 10.2 Å². The summed E-state index contributed by atoms with van der Waals surface area (Å²) in [5, 5.41) is 25.4. The summed E-state index contributed by atoms with van der Waals surface area (Å²) < 4.78 is 1.61. The van der Waals surface area contributed by atoms with E-state index in [0.717, 1.165) is 5.69 Å². The second kappa shape index (κ2) is 5.20. The number of aromatic nitrogens is 5. The minimum absolute atomic E-state index is 0.118. The quantitative estimate of drug-likeness (QED) is 0.761. The van der Waals surface area contributed by atoms with Crippen molar-refractivity contribution in [1.82, 2.24) is 25.0 Å². The number of nitrogens with one attached hydrogen (secondary N) is 1. The predicted molar refractivity (Wildman–Crippen MR) is 78.3 cm³/mol. The third-order valence-electron chi connectivity index (χ3n) is 3.05. The Morgan fingerprint density at radius 3 is 2.57 bits per heavy atom. The fourth-order valence-corrected chi connectivity index (χ4v) is 1.96. The van der Waals surface area contributed by atoms with E-state index in [2.05, 4.69) is 25.6 Å². The minimum Gasteiger partial charge on any atom is -0.507 e. The standard InChI is InChI=1S/C14H14N6O/c1-9-16-8-20(19-9)10-3-4-11(13(21)7-10)12-5-6-14(15-2)18-17-12/h3-8,21H,1-2H3,(H,15,18). The molecule has 0 radical (unpaired) electrons. The van der Waals surface area contributed by atoms with Gasteiger partial charge in [0.05, 0.1) is 11.4 Å². The fourth-order valence-electron chi connectivity index (χ4n) is 1.96. The predicted octanol–water partition coefficient (Wildman–Crippen LogP) is 1.78. The molecule has 2 aromatic heterocycles. The van der Waals surface area contributed by atoms with Gasteiger partial charge in [-0.1, -0.05) is 0 Å². The maximum Gasteiger partial charge on any atom is 0.148 e. The van der Waals surface area contributed by atoms with E-state index in [4.69, 9.17) is 0 Å². The number of nitrogens with zero attached hydrogens (tertiary/aromatic N) is 5. The van der Waals surface area contributed by atoms with Gasteiger partial charge >= 0.3 is 0 Å². The van der Waals surface area contributed by atoms with Gasteiger partial charge in [0.2, 0.25) is 0 Å². The van der Waals surface area contributed by atoms with Crippen molar-refractivity contribution in [2.75, 3.05) is 12.4 Å². The first-order valence-corrected chi connectivity index (χ1v) is 6.41. The van der Waals surface area contributed by atoms with Gasteiger partial charge < -0.3 is 10.4 Å². The lowest BCUT2D eigenvalue weighted by molar-refractivity contribution is 0.476. The molecular formula is C14H14N6O. The Morgan fingerprint density at radius 2 is 2.00 bits per heavy atom. The van der Waals surface area contributed by atoms with E-state index in [0.29, 0.717) is 22.9 Å². The van der Waals surface area contributed by atoms with Crippen molar-refractivity contribution in [3.8, 4) is 22.7 Å². The van der Waals surface area contributed by atoms with Crippen molar-refractivity contribution in [3.63, 3.8) is 0 Å². The van der Waals surface area contributed by atoms with Gasteiger partial charge in [0.1, 0.15) is 23.7 Å². The average molecular weight is 282 g/mol. The van der Waals surface area contributed by atoms with Gasteiger partial charge in [0.25, 0.3) is 0 Å². The molecule has 7 nitrogen and oxygen atoms in total. The zero-order valence-corrected chi connectivity index (χ0v) is 11.6. The normalized spacial score (nSPS) is 10.6. The lowest BCUT2D eigenvalue weighted by atomic mass is 10.1. The van der Waals surface area contributed by atoms with Crippen LogP contribution in [0.5, 0.6) is 5.75 Å². The van der Waals surface area contributed by atoms with Crippen LogP contribution < -0.4 is 5.32 Å². The summed E-state index contributed by atoms with van der Waals surface area (Å²) >= 11 is 0. The van der Waals surface area contributed by atoms with Crippen molar-refractivity contribution in [3.05, 3.63) is 42.5 Å². The SMILES string of the molecule is CNc1ccc(-c2ccc(-n3cnc(C)n3)cc2O)nn1. The van der Waals surface area contributed by atoms with Crippen LogP contribution in [0.2, 0.25) is 0 Å². The topological polar surface area (TPSA) is 88.8 Å². The lowest BCUT2D eigenvalue weighted by Gasteiger charge is -2.07. The van der Waals surface area contributed by atoms with Gasteiger partial charge in [-0.05, 0) is 31.2 Å². The number of phenols is 1. The Balaban J connectivity index is 1.97. The van der Waals surface area contributed by atoms with E-state index in [1.54, 1.807) is 42.3 Å². The summed E-state index contributed by atoms with van der Waals surface area (Å²) in [5.41, 5.74) is 1.95. The first-order chi connectivity index (χ1) is 10.2. The van der Waals surface area contributed by atoms with Crippen molar-refractivity contribution < 1.29 is 5.11 Å². The average Bonchev–Trinajstić information content (AvgIpc) is 2.94. The van der Waals surface area contributed by atoms with E-state index in [-0.39, 0.29) is 5.75 Å². The van der Waals surface area contributed by atoms with Crippen LogP contribution in [0.1, 0.15) is 5.82 Å². The number of aromatic hydroxyl groups is 1. The van der Waals surface area contributed by atoms with Gasteiger partial charge in [-0.25, -0.2) is 9.67 Å². The molecule has 0 bridgehead atoms. The van der Waals surface area contributed by atoms with Crippen molar-refractivity contribution in [2.24, 2.45) is 0 Å². The minimum atomic E-state index is 0.118. The summed E-state index contributed by atoms with van der Waals surface area (Å²) in [6, 6.07) is 8.85. The zero-order chi connectivity index (χ0) is 14.8. The van der Waals surface area contributed by atoms with Crippen LogP contribution in [0.3, 0.4) is 0 Å². The second-order valence-corrected chi connectivity index (χ2v) is 4.49. The van der Waals surface area contributed by atoms with Gasteiger partial charge in [-0.3, -0.25) is 0 Å². The molecule has 3 aromatic rings. The highest BCUT2D eigenvalue weighted by Crippen LogP contribution is 2.29. The lowest BCUT2D eigenvalue weighted by Crippen LogP contribution is -1.97. The molecule has 0 fully saturated rings. The van der Waals surface area contributed by atoms with E-state index in [1.165, 1.54) is 0 Å². The number of benzene rings is 1. The van der Waals surface area contributed by atoms with Crippen molar-refractivity contribution in [1.29, 1.82) is 0 Å². The highest BCUT2D eigenvalue weighted by molar-refractivity contribution is 5.68. The van der Waals surface area contributed by atoms with Crippen molar-refractivity contribution in [2.45, 2.75) is 6.92 Å². The van der Waals surface area contributed by atoms with E-state index in [1.807, 2.05) is 13.0 Å². The number of hydrogen-bond donors (Lipinski definition) is 2. The van der Waals surface area contributed by atoms with E-state index >= 15 is 0 Å². The molecular weight excluding hydrogens is 268 g/mol. The Bertz CT molecular complexity index is 765. The van der Waals surface area contributed by atoms with Crippen LogP contribution in [0, 0.1) is 6.92 Å². The molecule has 0 unspecified atom stereocenters. The molecule has 1 aromatic carbocycles. The van der Waals surface area contributed by atoms with Gasteiger partial charge in [-0.2, -0.15) is 5.10 Å². The number of phenolic OH excluding ortho intramolecular Hbond substituents is 1. The van der Waals surface area contributed by atoms with Crippen LogP contribution in [-0.2, 0) is 0 Å². The molecule has 7 heteroatoms. The van der Waals surface area contributed by atoms with Gasteiger partial charge in [0, 0.05) is 18.7 Å². The number of hydrogen-bond acceptors (Lipinski definition) is 6. The molecule has 0 spiro atoms. The molecule has 21 heavy (non-hydrogen) atoms. The highest BCUT2D eigenvalue weighted by atomic mass is 16.3. The summed E-state index contributed by atoms with van der Waals surface area (Å²) in [6.45, 7) is 1.81. The van der Waals surface area contributed by atoms with Crippen LogP contribution in [0.4, 0.5) is 5.82 Å². The molecule has 0 atom stereocenters. The Hall–Kier alpha value is -2.96. The summed E-state index contributed by atoms with van der Waals surface area (Å²) in [6.07, 6.45) is 1.60. The summed E-state index contributed by atoms with van der Waals surface area (Å²) in [7, 11) is 1.77. The Labute approximate surface area is 121 Å². The van der Waals surface area contributed by atoms with Crippen LogP contribution in [-0.4, -0.2) is 37.1 Å². The molecule has 0 amide bonds. The molecule has 0 saturated carbocycles. The van der Waals surface area contributed by atoms with Gasteiger partial charge in [0.15, 0.2) is 0 Å². The zero-order valence-electron chi connectivity index (χ0n) is 11.6. The highest BCUT2D eigenvalue weighted by Gasteiger charge is 2.09. The van der Waals surface area contributed by atoms with Crippen molar-refractivity contribution >= 4 is 5.82 Å². The molecule has 2 heterocycles. The monoisotopic (exact) mass is 282 g/mol. The van der Waals surface area contributed by atoms with E-state index < -0.39 is 0 Å². The Kier molecular flexibility index (Phi) is 3.23. The third-order valence-corrected chi connectivity index (χ3v) is 3.05. The summed E-state index contributed by atoms with van der Waals surface area (Å²) in [5.74, 6) is 1.46. The number of anilines is 1. The summed E-state index contributed by atoms with van der Waals surface area (Å²) in [4.78, 5) is 4.06. The maximum atomic E-state index is 10.2. The molecule has 2 N–H and O–H groups in total.